The Bertz CT molecular complexity index is 2150. The molecule has 102 heavy (non-hydrogen) atoms. The molecule has 588 valence electrons. The van der Waals surface area contributed by atoms with Gasteiger partial charge in [-0.25, -0.2) is 0 Å². The van der Waals surface area contributed by atoms with Gasteiger partial charge in [-0.2, -0.15) is 70.6 Å². The molecule has 12 bridgehead atoms. The van der Waals surface area contributed by atoms with Crippen LogP contribution in [0.2, 0.25) is 0 Å². The van der Waals surface area contributed by atoms with Crippen LogP contribution in [-0.2, 0) is 85.6 Å². The molecule has 22 aliphatic heterocycles. The Morgan fingerprint density at radius 1 is 0.206 bits per heavy atom. The van der Waals surface area contributed by atoms with E-state index in [0.717, 1.165) is 70.6 Å². The Morgan fingerprint density at radius 2 is 0.333 bits per heavy atom. The second-order valence-electron chi connectivity index (χ2n) is 25.2. The van der Waals surface area contributed by atoms with Crippen LogP contribution in [0.1, 0.15) is 77.0 Å². The molecule has 0 saturated carbocycles. The highest BCUT2D eigenvalue weighted by molar-refractivity contribution is 8.00. The van der Waals surface area contributed by atoms with Crippen molar-refractivity contribution in [2.45, 2.75) is 261 Å². The highest BCUT2D eigenvalue weighted by Gasteiger charge is 2.59. The van der Waals surface area contributed by atoms with E-state index in [-0.39, 0.29) is 146 Å². The predicted molar refractivity (Wildman–Crippen MR) is 358 cm³/mol. The molecule has 18 N–H and O–H groups in total. The molecule has 18 unspecified atom stereocenters. The summed E-state index contributed by atoms with van der Waals surface area (Å²) < 4.78 is 75.8. The Hall–Kier alpha value is -2.04. The van der Waals surface area contributed by atoms with E-state index in [1.54, 1.807) is 0 Å². The van der Waals surface area contributed by atoms with Gasteiger partial charge < -0.3 is 149 Å². The minimum absolute atomic E-state index is 0.133. The van der Waals surface area contributed by atoms with E-state index in [1.807, 2.05) is 0 Å². The first kappa shape index (κ1) is 87.2. The number of aliphatic carboxylic acids is 6. The van der Waals surface area contributed by atoms with E-state index < -0.39 is 220 Å². The van der Waals surface area contributed by atoms with Gasteiger partial charge in [0.05, 0.1) is 36.6 Å². The van der Waals surface area contributed by atoms with Crippen molar-refractivity contribution in [2.24, 2.45) is 0 Å². The summed E-state index contributed by atoms with van der Waals surface area (Å²) in [6.45, 7) is 0. The lowest BCUT2D eigenvalue weighted by Crippen LogP contribution is -2.69. The van der Waals surface area contributed by atoms with Gasteiger partial charge in [-0.3, -0.25) is 28.8 Å². The van der Waals surface area contributed by atoms with Crippen molar-refractivity contribution in [3.63, 3.8) is 0 Å². The summed E-state index contributed by atoms with van der Waals surface area (Å²) in [6.07, 6.45) is -57.1. The van der Waals surface area contributed by atoms with Gasteiger partial charge in [0.2, 0.25) is 0 Å². The molecule has 0 amide bonds. The van der Waals surface area contributed by atoms with Gasteiger partial charge in [-0.05, 0) is 73.0 Å². The monoisotopic (exact) mass is 1580 g/mol. The molecule has 22 heterocycles. The number of thioether (sulfide) groups is 6. The van der Waals surface area contributed by atoms with E-state index in [0.29, 0.717) is 0 Å². The van der Waals surface area contributed by atoms with Gasteiger partial charge in [-0.15, -0.1) is 0 Å². The Morgan fingerprint density at radius 3 is 0.451 bits per heavy atom. The molecule has 42 heteroatoms. The molecule has 22 aliphatic rings. The van der Waals surface area contributed by atoms with Crippen molar-refractivity contribution < 1.29 is 178 Å². The summed E-state index contributed by atoms with van der Waals surface area (Å²) in [5.74, 6) is -6.72. The molecule has 36 nitrogen and oxygen atoms in total. The first-order valence-corrected chi connectivity index (χ1v) is 40.3. The number of carboxylic acids is 6. The van der Waals surface area contributed by atoms with Crippen LogP contribution < -0.4 is 0 Å². The Labute approximate surface area is 611 Å². The van der Waals surface area contributed by atoms with E-state index >= 15 is 0 Å². The van der Waals surface area contributed by atoms with Crippen LogP contribution in [-0.4, -0.2) is 381 Å². The Balaban J connectivity index is 1.30. The van der Waals surface area contributed by atoms with Gasteiger partial charge >= 0.3 is 35.8 Å². The second-order valence-corrected chi connectivity index (χ2v) is 32.1. The van der Waals surface area contributed by atoms with Crippen LogP contribution in [0.5, 0.6) is 0 Å². The number of ether oxygens (including phenoxy) is 12. The fraction of sp³-hybridized carbons (Fsp3) is 0.900. The van der Waals surface area contributed by atoms with Gasteiger partial charge in [0, 0.05) is 73.0 Å². The van der Waals surface area contributed by atoms with Crippen LogP contribution >= 0.6 is 70.6 Å². The number of carbonyl (C=O) groups is 6. The predicted octanol–water partition coefficient (Wildman–Crippen LogP) is -3.42. The lowest BCUT2D eigenvalue weighted by atomic mass is 9.95. The molecule has 0 aliphatic carbocycles. The minimum atomic E-state index is -2.16. The molecule has 0 radical (unpaired) electrons. The third-order valence-electron chi connectivity index (χ3n) is 17.4. The zero-order chi connectivity index (χ0) is 74.5. The molecule has 0 spiro atoms. The molecule has 22 saturated heterocycles. The van der Waals surface area contributed by atoms with E-state index in [4.69, 9.17) is 56.8 Å². The number of hydrogen-bond donors (Lipinski definition) is 18. The van der Waals surface area contributed by atoms with Crippen molar-refractivity contribution in [1.29, 1.82) is 0 Å². The summed E-state index contributed by atoms with van der Waals surface area (Å²) in [4.78, 5) is 69.0. The maximum absolute atomic E-state index is 12.2. The van der Waals surface area contributed by atoms with Crippen molar-refractivity contribution >= 4 is 106 Å². The van der Waals surface area contributed by atoms with Gasteiger partial charge in [0.15, 0.2) is 37.7 Å². The lowest BCUT2D eigenvalue weighted by molar-refractivity contribution is -0.396. The van der Waals surface area contributed by atoms with E-state index in [1.165, 1.54) is 0 Å². The largest absolute Gasteiger partial charge is 0.481 e. The third kappa shape index (κ3) is 25.5. The molecule has 0 aromatic carbocycles. The molecule has 0 aromatic rings. The van der Waals surface area contributed by atoms with Gasteiger partial charge in [0.25, 0.3) is 0 Å². The number of hydrogen-bond acceptors (Lipinski definition) is 36. The first-order chi connectivity index (χ1) is 48.6. The summed E-state index contributed by atoms with van der Waals surface area (Å²) in [5.41, 5.74) is 0. The highest BCUT2D eigenvalue weighted by atomic mass is 32.2. The fourth-order valence-corrected chi connectivity index (χ4v) is 18.1. The molecule has 22 rings (SSSR count). The smallest absolute Gasteiger partial charge is 0.303 e. The zero-order valence-corrected chi connectivity index (χ0v) is 60.0. The van der Waals surface area contributed by atoms with Crippen LogP contribution in [0.3, 0.4) is 0 Å². The third-order valence-corrected chi connectivity index (χ3v) is 24.2. The van der Waals surface area contributed by atoms with Crippen molar-refractivity contribution in [3.05, 3.63) is 0 Å². The van der Waals surface area contributed by atoms with Crippen molar-refractivity contribution in [1.82, 2.24) is 0 Å². The summed E-state index contributed by atoms with van der Waals surface area (Å²) in [7, 11) is 0. The molecular formula is C60H96O36S6. The molecular weight excluding hydrogens is 1490 g/mol. The molecule has 22 fully saturated rings. The molecule has 0 aromatic heterocycles. The second kappa shape index (κ2) is 43.4. The maximum atomic E-state index is 12.2. The summed E-state index contributed by atoms with van der Waals surface area (Å²) in [5, 5.41) is 201. The summed E-state index contributed by atoms with van der Waals surface area (Å²) in [6, 6.07) is 0. The topological polar surface area (TPSA) is 577 Å². The molecule has 30 atom stereocenters. The summed E-state index contributed by atoms with van der Waals surface area (Å²) >= 11 is 6.60. The number of aliphatic hydroxyl groups excluding tert-OH is 12. The van der Waals surface area contributed by atoms with Crippen LogP contribution in [0.15, 0.2) is 0 Å². The highest BCUT2D eigenvalue weighted by Crippen LogP contribution is 2.41. The van der Waals surface area contributed by atoms with Crippen LogP contribution in [0.4, 0.5) is 0 Å². The number of rotatable bonds is 36. The average Bonchev–Trinajstić information content (AvgIpc) is 0.775. The average molecular weight is 1590 g/mol. The lowest BCUT2D eigenvalue weighted by Gasteiger charge is -2.51. The van der Waals surface area contributed by atoms with Crippen molar-refractivity contribution in [3.8, 4) is 0 Å². The van der Waals surface area contributed by atoms with Gasteiger partial charge in [-0.1, -0.05) is 0 Å². The Kier molecular flexibility index (Phi) is 37.1. The first-order valence-electron chi connectivity index (χ1n) is 33.4. The SMILES string of the molecule is O=C(O)CCCSCC1O[C@@H]2O[C@@H]3C(CSCCCC(=O)O)O[C@H](O[C@@H]4C(CSCCCC(=O)O)O[C@H](O[C@@H]5C(CSCCCC(=O)O)O[C@H](O[C@@H]6C(CSCCCC(=O)O)O[C@H](O[C@@H]7C(CSCCCC(=O)O)O[C@H](O[C@H]1C(O)C2O)C(O)C7O)C(O)C6O)C(O)C5O)C(O)C4O)C(O)C3O. The van der Waals surface area contributed by atoms with E-state index in [2.05, 4.69) is 0 Å². The standard InChI is InChI=1S/C60H96O36S6/c61-31(62)7-1-13-97-19-25-49-37(73)43(79)55(85-25)92-50-26(20-98-14-2-8-32(63)64)87-57(45(81)39(50)75)94-52-28(22-100-16-4-10-34(67)68)89-59(47(83)41(52)77)96-54-30(24-102-18-6-12-36(71)72)90-60(48(84)42(54)78)95-53-29(23-101-17-5-11-35(69)70)88-58(46(82)40(53)76)93-51-27(21-99-15-3-9-33(65)66)86-56(91-49)44(80)38(51)74/h25-30,37-60,73-84H,1-24H2,(H,61,62)(H,63,64)(H,65,66)(H,67,68)(H,69,70)(H,71,72)/t25?,26?,27?,28?,29?,30?,37?,38?,39?,40?,41?,42?,43?,44?,45?,46?,47?,48?,49-,50-,51-,52-,53-,54-,55-,56-,57-,58-,59-,60-/m1/s1. The normalized spacial score (nSPS) is 39.8. The number of carboxylic acid groups (broad SMARTS) is 6. The maximum Gasteiger partial charge on any atom is 0.303 e. The van der Waals surface area contributed by atoms with Crippen molar-refractivity contribution in [2.75, 3.05) is 69.0 Å². The quantitative estimate of drug-likeness (QED) is 0.0272. The van der Waals surface area contributed by atoms with Crippen LogP contribution in [0, 0.1) is 0 Å². The van der Waals surface area contributed by atoms with Crippen LogP contribution in [0.25, 0.3) is 0 Å². The minimum Gasteiger partial charge on any atom is -0.481 e. The fourth-order valence-electron chi connectivity index (χ4n) is 12.0. The van der Waals surface area contributed by atoms with Gasteiger partial charge in [0.1, 0.15) is 110 Å². The van der Waals surface area contributed by atoms with E-state index in [9.17, 15) is 121 Å². The zero-order valence-electron chi connectivity index (χ0n) is 55.1. The number of aliphatic hydroxyl groups is 12.